The van der Waals surface area contributed by atoms with Crippen molar-refractivity contribution < 1.29 is 14.4 Å². The molecule has 2 rings (SSSR count). The second kappa shape index (κ2) is 6.24. The number of rotatable bonds is 3. The number of hydrogen-bond donors (Lipinski definition) is 3. The number of fused-ring (bicyclic) bond motifs is 2. The van der Waals surface area contributed by atoms with Gasteiger partial charge in [0, 0.05) is 12.5 Å². The van der Waals surface area contributed by atoms with Crippen molar-refractivity contribution in [3.8, 4) is 0 Å². The zero-order chi connectivity index (χ0) is 14.7. The van der Waals surface area contributed by atoms with Gasteiger partial charge in [-0.25, -0.2) is 0 Å². The quantitative estimate of drug-likeness (QED) is 0.519. The lowest BCUT2D eigenvalue weighted by Gasteiger charge is -2.20. The van der Waals surface area contributed by atoms with Crippen molar-refractivity contribution in [3.05, 3.63) is 0 Å². The van der Waals surface area contributed by atoms with Crippen LogP contribution >= 0.6 is 0 Å². The summed E-state index contributed by atoms with van der Waals surface area (Å²) in [5.74, 6) is 0.124. The average molecular weight is 281 g/mol. The molecule has 112 valence electrons. The van der Waals surface area contributed by atoms with E-state index in [1.54, 1.807) is 13.8 Å². The van der Waals surface area contributed by atoms with Crippen LogP contribution in [0.1, 0.15) is 46.0 Å². The zero-order valence-corrected chi connectivity index (χ0v) is 12.1. The van der Waals surface area contributed by atoms with E-state index in [-0.39, 0.29) is 11.9 Å². The standard InChI is InChI=1S/C14H23N3O3/c1-8(2)15-13(19)14(20)17-16-12(18)7-11-6-9-3-4-10(11)5-9/h8-11H,3-7H2,1-2H3,(H,15,19)(H,16,18)(H,17,20)/t9-,10+,11+/m1/s1. The third-order valence-corrected chi connectivity index (χ3v) is 4.27. The summed E-state index contributed by atoms with van der Waals surface area (Å²) < 4.78 is 0. The smallest absolute Gasteiger partial charge is 0.327 e. The minimum absolute atomic E-state index is 0.113. The van der Waals surface area contributed by atoms with Gasteiger partial charge in [0.1, 0.15) is 0 Å². The maximum absolute atomic E-state index is 11.8. The minimum Gasteiger partial charge on any atom is -0.346 e. The highest BCUT2D eigenvalue weighted by Gasteiger charge is 2.40. The van der Waals surface area contributed by atoms with Crippen LogP contribution in [0.2, 0.25) is 0 Å². The van der Waals surface area contributed by atoms with Crippen molar-refractivity contribution in [2.75, 3.05) is 0 Å². The van der Waals surface area contributed by atoms with Gasteiger partial charge in [-0.05, 0) is 50.9 Å². The van der Waals surface area contributed by atoms with Crippen LogP contribution < -0.4 is 16.2 Å². The topological polar surface area (TPSA) is 87.3 Å². The van der Waals surface area contributed by atoms with Gasteiger partial charge in [-0.3, -0.25) is 25.2 Å². The number of nitrogens with one attached hydrogen (secondary N) is 3. The van der Waals surface area contributed by atoms with E-state index in [9.17, 15) is 14.4 Å². The van der Waals surface area contributed by atoms with E-state index in [0.717, 1.165) is 12.3 Å². The van der Waals surface area contributed by atoms with Crippen LogP contribution in [0.15, 0.2) is 0 Å². The number of carbonyl (C=O) groups excluding carboxylic acids is 3. The van der Waals surface area contributed by atoms with Crippen LogP contribution in [-0.2, 0) is 14.4 Å². The number of amides is 3. The first kappa shape index (κ1) is 14.8. The molecule has 0 aromatic rings. The van der Waals surface area contributed by atoms with Gasteiger partial charge >= 0.3 is 11.8 Å². The highest BCUT2D eigenvalue weighted by atomic mass is 16.2. The summed E-state index contributed by atoms with van der Waals surface area (Å²) in [7, 11) is 0. The second-order valence-corrected chi connectivity index (χ2v) is 6.27. The Hall–Kier alpha value is -1.59. The van der Waals surface area contributed by atoms with Crippen LogP contribution in [0.5, 0.6) is 0 Å². The maximum atomic E-state index is 11.8. The fourth-order valence-corrected chi connectivity index (χ4v) is 3.43. The highest BCUT2D eigenvalue weighted by Crippen LogP contribution is 2.49. The Morgan fingerprint density at radius 1 is 1.05 bits per heavy atom. The monoisotopic (exact) mass is 281 g/mol. The Morgan fingerprint density at radius 2 is 1.80 bits per heavy atom. The van der Waals surface area contributed by atoms with Crippen molar-refractivity contribution >= 4 is 17.7 Å². The van der Waals surface area contributed by atoms with Gasteiger partial charge in [0.05, 0.1) is 0 Å². The Morgan fingerprint density at radius 3 is 2.35 bits per heavy atom. The third-order valence-electron chi connectivity index (χ3n) is 4.27. The van der Waals surface area contributed by atoms with E-state index in [1.807, 2.05) is 0 Å². The molecule has 3 atom stereocenters. The van der Waals surface area contributed by atoms with Crippen LogP contribution in [-0.4, -0.2) is 23.8 Å². The molecule has 3 N–H and O–H groups in total. The summed E-state index contributed by atoms with van der Waals surface area (Å²) >= 11 is 0. The molecule has 0 saturated heterocycles. The average Bonchev–Trinajstić information content (AvgIpc) is 2.97. The van der Waals surface area contributed by atoms with Gasteiger partial charge in [0.25, 0.3) is 0 Å². The Balaban J connectivity index is 1.67. The van der Waals surface area contributed by atoms with Crippen LogP contribution in [0.3, 0.4) is 0 Å². The molecule has 2 fully saturated rings. The van der Waals surface area contributed by atoms with E-state index >= 15 is 0 Å². The summed E-state index contributed by atoms with van der Waals surface area (Å²) in [6.45, 7) is 3.53. The number of hydrazine groups is 1. The molecule has 0 aromatic heterocycles. The molecule has 6 nitrogen and oxygen atoms in total. The second-order valence-electron chi connectivity index (χ2n) is 6.27. The summed E-state index contributed by atoms with van der Waals surface area (Å²) in [5, 5.41) is 2.46. The number of hydrogen-bond acceptors (Lipinski definition) is 3. The van der Waals surface area contributed by atoms with Gasteiger partial charge in [0.2, 0.25) is 5.91 Å². The van der Waals surface area contributed by atoms with E-state index in [2.05, 4.69) is 16.2 Å². The number of carbonyl (C=O) groups is 3. The minimum atomic E-state index is -0.833. The first-order valence-electron chi connectivity index (χ1n) is 7.35. The SMILES string of the molecule is CC(C)NC(=O)C(=O)NNC(=O)C[C@@H]1C[C@@H]2CC[C@H]1C2. The van der Waals surface area contributed by atoms with Crippen LogP contribution in [0.25, 0.3) is 0 Å². The summed E-state index contributed by atoms with van der Waals surface area (Å²) in [6.07, 6.45) is 5.34. The normalized spacial score (nSPS) is 27.4. The maximum Gasteiger partial charge on any atom is 0.327 e. The Bertz CT molecular complexity index is 408. The van der Waals surface area contributed by atoms with Gasteiger partial charge in [-0.2, -0.15) is 0 Å². The van der Waals surface area contributed by atoms with Gasteiger partial charge < -0.3 is 5.32 Å². The van der Waals surface area contributed by atoms with E-state index in [0.29, 0.717) is 18.3 Å². The molecular formula is C14H23N3O3. The molecule has 2 aliphatic carbocycles. The van der Waals surface area contributed by atoms with Gasteiger partial charge in [-0.15, -0.1) is 0 Å². The summed E-state index contributed by atoms with van der Waals surface area (Å²) in [5.41, 5.74) is 4.48. The molecule has 20 heavy (non-hydrogen) atoms. The largest absolute Gasteiger partial charge is 0.346 e. The molecule has 0 heterocycles. The lowest BCUT2D eigenvalue weighted by molar-refractivity contribution is -0.141. The summed E-state index contributed by atoms with van der Waals surface area (Å²) in [4.78, 5) is 34.5. The zero-order valence-electron chi connectivity index (χ0n) is 12.1. The predicted molar refractivity (Wildman–Crippen MR) is 73.1 cm³/mol. The Kier molecular flexibility index (Phi) is 4.62. The molecule has 0 aromatic carbocycles. The highest BCUT2D eigenvalue weighted by molar-refractivity contribution is 6.35. The van der Waals surface area contributed by atoms with Crippen molar-refractivity contribution in [1.82, 2.24) is 16.2 Å². The van der Waals surface area contributed by atoms with Gasteiger partial charge in [-0.1, -0.05) is 6.42 Å². The van der Waals surface area contributed by atoms with E-state index in [4.69, 9.17) is 0 Å². The molecule has 0 spiro atoms. The molecule has 0 radical (unpaired) electrons. The first-order valence-corrected chi connectivity index (χ1v) is 7.35. The fourth-order valence-electron chi connectivity index (χ4n) is 3.43. The van der Waals surface area contributed by atoms with Crippen LogP contribution in [0, 0.1) is 17.8 Å². The molecule has 0 aliphatic heterocycles. The predicted octanol–water partition coefficient (Wildman–Crippen LogP) is 0.485. The van der Waals surface area contributed by atoms with Crippen molar-refractivity contribution in [1.29, 1.82) is 0 Å². The molecule has 2 aliphatic rings. The molecule has 2 bridgehead atoms. The molecule has 2 saturated carbocycles. The summed E-state index contributed by atoms with van der Waals surface area (Å²) in [6, 6.07) is -0.113. The van der Waals surface area contributed by atoms with Crippen molar-refractivity contribution in [2.24, 2.45) is 17.8 Å². The molecule has 6 heteroatoms. The van der Waals surface area contributed by atoms with E-state index < -0.39 is 11.8 Å². The van der Waals surface area contributed by atoms with Crippen molar-refractivity contribution in [2.45, 2.75) is 52.0 Å². The lowest BCUT2D eigenvalue weighted by Crippen LogP contribution is -2.50. The van der Waals surface area contributed by atoms with Crippen molar-refractivity contribution in [3.63, 3.8) is 0 Å². The van der Waals surface area contributed by atoms with E-state index in [1.165, 1.54) is 19.3 Å². The van der Waals surface area contributed by atoms with Gasteiger partial charge in [0.15, 0.2) is 0 Å². The molecule has 0 unspecified atom stereocenters. The lowest BCUT2D eigenvalue weighted by atomic mass is 9.86. The first-order chi connectivity index (χ1) is 9.45. The molecular weight excluding hydrogens is 258 g/mol. The Labute approximate surface area is 119 Å². The van der Waals surface area contributed by atoms with Crippen LogP contribution in [0.4, 0.5) is 0 Å². The fraction of sp³-hybridized carbons (Fsp3) is 0.786. The third kappa shape index (κ3) is 3.71. The molecule has 3 amide bonds.